The predicted octanol–water partition coefficient (Wildman–Crippen LogP) is 3.51. The first-order valence-corrected chi connectivity index (χ1v) is 7.24. The molecule has 1 aliphatic rings. The van der Waals surface area contributed by atoms with Gasteiger partial charge in [0.2, 0.25) is 0 Å². The molecule has 108 valence electrons. The van der Waals surface area contributed by atoms with Crippen LogP contribution in [-0.4, -0.2) is 11.0 Å². The number of nitro benzene ring substituents is 1. The highest BCUT2D eigenvalue weighted by molar-refractivity contribution is 6.30. The minimum atomic E-state index is -0.333. The molecule has 5 heteroatoms. The van der Waals surface area contributed by atoms with Gasteiger partial charge in [0, 0.05) is 29.2 Å². The topological polar surface area (TPSA) is 55.2 Å². The van der Waals surface area contributed by atoms with Crippen molar-refractivity contribution in [1.29, 1.82) is 0 Å². The van der Waals surface area contributed by atoms with E-state index < -0.39 is 0 Å². The number of hydrogen-bond acceptors (Lipinski definition) is 3. The second-order valence-electron chi connectivity index (χ2n) is 5.28. The van der Waals surface area contributed by atoms with Crippen LogP contribution >= 0.6 is 11.6 Å². The van der Waals surface area contributed by atoms with Gasteiger partial charge in [-0.25, -0.2) is 0 Å². The molecular formula is C16H15ClN2O2. The Morgan fingerprint density at radius 1 is 1.19 bits per heavy atom. The van der Waals surface area contributed by atoms with Gasteiger partial charge in [-0.05, 0) is 36.1 Å². The van der Waals surface area contributed by atoms with Gasteiger partial charge in [0.15, 0.2) is 0 Å². The fourth-order valence-electron chi connectivity index (χ4n) is 2.82. The van der Waals surface area contributed by atoms with Crippen LogP contribution in [0.5, 0.6) is 0 Å². The van der Waals surface area contributed by atoms with Crippen LogP contribution in [0.2, 0.25) is 5.02 Å². The molecule has 0 aromatic heterocycles. The van der Waals surface area contributed by atoms with Crippen LogP contribution in [0.4, 0.5) is 5.69 Å². The van der Waals surface area contributed by atoms with Crippen LogP contribution < -0.4 is 5.32 Å². The molecule has 21 heavy (non-hydrogen) atoms. The third kappa shape index (κ3) is 3.06. The molecule has 1 atom stereocenters. The summed E-state index contributed by atoms with van der Waals surface area (Å²) < 4.78 is 0. The molecule has 0 saturated heterocycles. The quantitative estimate of drug-likeness (QED) is 0.694. The zero-order valence-corrected chi connectivity index (χ0v) is 12.1. The van der Waals surface area contributed by atoms with E-state index in [1.165, 1.54) is 11.1 Å². The first kappa shape index (κ1) is 14.0. The van der Waals surface area contributed by atoms with Crippen LogP contribution in [0.1, 0.15) is 16.7 Å². The molecule has 0 saturated carbocycles. The molecule has 0 fully saturated rings. The third-order valence-electron chi connectivity index (χ3n) is 3.87. The number of rotatable bonds is 4. The van der Waals surface area contributed by atoms with E-state index in [4.69, 9.17) is 11.6 Å². The SMILES string of the molecule is O=[N+]([O-])c1ccccc1CNC1Cc2ccc(Cl)cc2C1. The van der Waals surface area contributed by atoms with Crippen molar-refractivity contribution in [2.24, 2.45) is 0 Å². The van der Waals surface area contributed by atoms with Crippen LogP contribution in [0.15, 0.2) is 42.5 Å². The summed E-state index contributed by atoms with van der Waals surface area (Å²) in [5.74, 6) is 0. The number of fused-ring (bicyclic) bond motifs is 1. The minimum absolute atomic E-state index is 0.170. The summed E-state index contributed by atoms with van der Waals surface area (Å²) >= 11 is 6.00. The van der Waals surface area contributed by atoms with Crippen LogP contribution in [0, 0.1) is 10.1 Å². The van der Waals surface area contributed by atoms with Crippen molar-refractivity contribution in [2.75, 3.05) is 0 Å². The lowest BCUT2D eigenvalue weighted by Gasteiger charge is -2.12. The van der Waals surface area contributed by atoms with E-state index >= 15 is 0 Å². The smallest absolute Gasteiger partial charge is 0.273 e. The second kappa shape index (κ2) is 5.84. The van der Waals surface area contributed by atoms with Crippen molar-refractivity contribution in [1.82, 2.24) is 5.32 Å². The Morgan fingerprint density at radius 2 is 1.95 bits per heavy atom. The average Bonchev–Trinajstić information content (AvgIpc) is 2.87. The largest absolute Gasteiger partial charge is 0.309 e. The maximum atomic E-state index is 11.0. The summed E-state index contributed by atoms with van der Waals surface area (Å²) in [4.78, 5) is 10.7. The minimum Gasteiger partial charge on any atom is -0.309 e. The fourth-order valence-corrected chi connectivity index (χ4v) is 3.02. The van der Waals surface area contributed by atoms with Crippen molar-refractivity contribution >= 4 is 17.3 Å². The molecule has 2 aromatic carbocycles. The Labute approximate surface area is 127 Å². The summed E-state index contributed by atoms with van der Waals surface area (Å²) in [6.45, 7) is 0.504. The van der Waals surface area contributed by atoms with Gasteiger partial charge in [-0.3, -0.25) is 10.1 Å². The van der Waals surface area contributed by atoms with Gasteiger partial charge in [0.05, 0.1) is 4.92 Å². The molecule has 1 aliphatic carbocycles. The van der Waals surface area contributed by atoms with Crippen molar-refractivity contribution < 1.29 is 4.92 Å². The lowest BCUT2D eigenvalue weighted by Crippen LogP contribution is -2.29. The fraction of sp³-hybridized carbons (Fsp3) is 0.250. The van der Waals surface area contributed by atoms with E-state index in [-0.39, 0.29) is 10.6 Å². The Kier molecular flexibility index (Phi) is 3.90. The van der Waals surface area contributed by atoms with Crippen molar-refractivity contribution in [3.05, 3.63) is 74.3 Å². The van der Waals surface area contributed by atoms with Crippen molar-refractivity contribution in [3.63, 3.8) is 0 Å². The highest BCUT2D eigenvalue weighted by Gasteiger charge is 2.22. The normalized spacial score (nSPS) is 16.7. The lowest BCUT2D eigenvalue weighted by atomic mass is 10.1. The second-order valence-corrected chi connectivity index (χ2v) is 5.72. The summed E-state index contributed by atoms with van der Waals surface area (Å²) in [7, 11) is 0. The Hall–Kier alpha value is -1.91. The van der Waals surface area contributed by atoms with Gasteiger partial charge in [0.25, 0.3) is 5.69 Å². The van der Waals surface area contributed by atoms with Crippen LogP contribution in [0.3, 0.4) is 0 Å². The van der Waals surface area contributed by atoms with Crippen LogP contribution in [-0.2, 0) is 19.4 Å². The molecule has 1 unspecified atom stereocenters. The molecule has 0 radical (unpaired) electrons. The molecule has 0 heterocycles. The monoisotopic (exact) mass is 302 g/mol. The summed E-state index contributed by atoms with van der Waals surface area (Å²) in [6, 6.07) is 13.1. The Bertz CT molecular complexity index is 688. The van der Waals surface area contributed by atoms with Gasteiger partial charge >= 0.3 is 0 Å². The molecule has 1 N–H and O–H groups in total. The van der Waals surface area contributed by atoms with E-state index in [0.29, 0.717) is 12.6 Å². The zero-order chi connectivity index (χ0) is 14.8. The van der Waals surface area contributed by atoms with Crippen molar-refractivity contribution in [3.8, 4) is 0 Å². The van der Waals surface area contributed by atoms with Gasteiger partial charge < -0.3 is 5.32 Å². The molecule has 0 amide bonds. The first-order valence-electron chi connectivity index (χ1n) is 6.86. The van der Waals surface area contributed by atoms with E-state index in [2.05, 4.69) is 11.4 Å². The van der Waals surface area contributed by atoms with E-state index in [0.717, 1.165) is 23.4 Å². The number of halogens is 1. The van der Waals surface area contributed by atoms with Gasteiger partial charge in [-0.2, -0.15) is 0 Å². The summed E-state index contributed by atoms with van der Waals surface area (Å²) in [6.07, 6.45) is 1.85. The van der Waals surface area contributed by atoms with Crippen LogP contribution in [0.25, 0.3) is 0 Å². The lowest BCUT2D eigenvalue weighted by molar-refractivity contribution is -0.385. The number of nitro groups is 1. The number of hydrogen-bond donors (Lipinski definition) is 1. The molecule has 2 aromatic rings. The predicted molar refractivity (Wildman–Crippen MR) is 82.6 cm³/mol. The number of nitrogens with one attached hydrogen (secondary N) is 1. The zero-order valence-electron chi connectivity index (χ0n) is 11.4. The Morgan fingerprint density at radius 3 is 2.76 bits per heavy atom. The molecule has 3 rings (SSSR count). The standard InChI is InChI=1S/C16H15ClN2O2/c17-14-6-5-11-8-15(9-13(11)7-14)18-10-12-3-1-2-4-16(12)19(20)21/h1-7,15,18H,8-10H2. The van der Waals surface area contributed by atoms with Gasteiger partial charge in [-0.15, -0.1) is 0 Å². The summed E-state index contributed by atoms with van der Waals surface area (Å²) in [5, 5.41) is 15.2. The Balaban J connectivity index is 1.67. The first-order chi connectivity index (χ1) is 10.1. The molecular weight excluding hydrogens is 288 g/mol. The summed E-state index contributed by atoms with van der Waals surface area (Å²) in [5.41, 5.74) is 3.46. The van der Waals surface area contributed by atoms with E-state index in [1.54, 1.807) is 18.2 Å². The molecule has 4 nitrogen and oxygen atoms in total. The van der Waals surface area contributed by atoms with Gasteiger partial charge in [0.1, 0.15) is 0 Å². The van der Waals surface area contributed by atoms with Crippen molar-refractivity contribution in [2.45, 2.75) is 25.4 Å². The number of nitrogens with zero attached hydrogens (tertiary/aromatic N) is 1. The van der Waals surface area contributed by atoms with E-state index in [1.807, 2.05) is 18.2 Å². The molecule has 0 aliphatic heterocycles. The third-order valence-corrected chi connectivity index (χ3v) is 4.11. The maximum Gasteiger partial charge on any atom is 0.273 e. The highest BCUT2D eigenvalue weighted by atomic mass is 35.5. The number of benzene rings is 2. The maximum absolute atomic E-state index is 11.0. The van der Waals surface area contributed by atoms with E-state index in [9.17, 15) is 10.1 Å². The average molecular weight is 303 g/mol. The number of para-hydroxylation sites is 1. The molecule has 0 spiro atoms. The highest BCUT2D eigenvalue weighted by Crippen LogP contribution is 2.26. The van der Waals surface area contributed by atoms with Gasteiger partial charge in [-0.1, -0.05) is 35.9 Å². The molecule has 0 bridgehead atoms.